The molecule has 1 aliphatic rings. The van der Waals surface area contributed by atoms with Gasteiger partial charge in [-0.15, -0.1) is 5.69 Å². The Hall–Kier alpha value is -1.73. The van der Waals surface area contributed by atoms with Gasteiger partial charge < -0.3 is 4.98 Å². The van der Waals surface area contributed by atoms with Crippen LogP contribution in [0.15, 0.2) is 71.5 Å². The fourth-order valence-corrected chi connectivity index (χ4v) is 1.93. The second-order valence-electron chi connectivity index (χ2n) is 3.79. The summed E-state index contributed by atoms with van der Waals surface area (Å²) < 4.78 is 0. The third-order valence-corrected chi connectivity index (χ3v) is 2.68. The summed E-state index contributed by atoms with van der Waals surface area (Å²) in [5, 5.41) is 0. The Bertz CT molecular complexity index is 579. The summed E-state index contributed by atoms with van der Waals surface area (Å²) in [4.78, 5) is 8.74. The first kappa shape index (κ1) is 12.7. The van der Waals surface area contributed by atoms with E-state index < -0.39 is 0 Å². The quantitative estimate of drug-likeness (QED) is 0.779. The molecule has 3 heteroatoms. The molecule has 1 aromatic carbocycles. The van der Waals surface area contributed by atoms with E-state index in [1.165, 1.54) is 0 Å². The molecule has 2 heterocycles. The van der Waals surface area contributed by atoms with Crippen molar-refractivity contribution in [1.82, 2.24) is 4.98 Å². The Balaban J connectivity index is 0.00000120. The van der Waals surface area contributed by atoms with Crippen LogP contribution < -0.4 is 4.98 Å². The Labute approximate surface area is 119 Å². The van der Waals surface area contributed by atoms with Gasteiger partial charge in [0.2, 0.25) is 0 Å². The number of allylic oxidation sites excluding steroid dienone is 2. The fraction of sp³-hybridized carbons (Fsp3) is 0. The van der Waals surface area contributed by atoms with Crippen LogP contribution in [0.3, 0.4) is 0 Å². The van der Waals surface area contributed by atoms with Gasteiger partial charge in [0.05, 0.1) is 5.70 Å². The van der Waals surface area contributed by atoms with Crippen LogP contribution in [0.25, 0.3) is 5.57 Å². The van der Waals surface area contributed by atoms with Gasteiger partial charge in [0.1, 0.15) is 0 Å². The van der Waals surface area contributed by atoms with Gasteiger partial charge in [-0.3, -0.25) is 4.99 Å². The summed E-state index contributed by atoms with van der Waals surface area (Å²) in [6.07, 6.45) is 7.57. The van der Waals surface area contributed by atoms with E-state index in [2.05, 4.69) is 22.1 Å². The standard InChI is InChI=1S/C15H11N2.Zn/c1-2-6-12(7-3-1)15(13-8-4-10-16-13)14-9-5-11-17-14;/h1-11H;/q-1;/b15-13-;. The van der Waals surface area contributed by atoms with Crippen molar-refractivity contribution in [2.45, 2.75) is 0 Å². The molecule has 2 nitrogen and oxygen atoms in total. The van der Waals surface area contributed by atoms with Gasteiger partial charge in [-0.1, -0.05) is 42.5 Å². The average Bonchev–Trinajstić information content (AvgIpc) is 3.04. The maximum absolute atomic E-state index is 4.37. The van der Waals surface area contributed by atoms with E-state index in [4.69, 9.17) is 0 Å². The molecule has 0 amide bonds. The van der Waals surface area contributed by atoms with Crippen LogP contribution in [0.1, 0.15) is 11.3 Å². The van der Waals surface area contributed by atoms with Crippen molar-refractivity contribution in [2.75, 3.05) is 0 Å². The minimum atomic E-state index is 0. The molecule has 0 bridgehead atoms. The Morgan fingerprint density at radius 1 is 1.00 bits per heavy atom. The SMILES string of the molecule is C1=C/C(=C(\c2ccccc2)c2ccc[n-]2)N=C1.[Zn]. The van der Waals surface area contributed by atoms with Gasteiger partial charge in [-0.2, -0.15) is 6.20 Å². The number of rotatable bonds is 2. The monoisotopic (exact) mass is 283 g/mol. The minimum absolute atomic E-state index is 0. The van der Waals surface area contributed by atoms with Crippen LogP contribution in [0.5, 0.6) is 0 Å². The molecular weight excluding hydrogens is 274 g/mol. The summed E-state index contributed by atoms with van der Waals surface area (Å²) >= 11 is 0. The molecule has 1 aliphatic heterocycles. The molecule has 0 saturated heterocycles. The van der Waals surface area contributed by atoms with E-state index in [1.54, 1.807) is 12.4 Å². The molecule has 0 unspecified atom stereocenters. The normalized spacial score (nSPS) is 15.6. The third kappa shape index (κ3) is 2.41. The van der Waals surface area contributed by atoms with Crippen LogP contribution >= 0.6 is 0 Å². The van der Waals surface area contributed by atoms with Crippen molar-refractivity contribution >= 4 is 11.8 Å². The van der Waals surface area contributed by atoms with Gasteiger partial charge in [0, 0.05) is 25.7 Å². The van der Waals surface area contributed by atoms with Crippen molar-refractivity contribution in [3.8, 4) is 0 Å². The van der Waals surface area contributed by atoms with E-state index in [0.717, 1.165) is 22.5 Å². The van der Waals surface area contributed by atoms with E-state index in [9.17, 15) is 0 Å². The zero-order valence-corrected chi connectivity index (χ0v) is 12.9. The number of benzene rings is 1. The largest absolute Gasteiger partial charge is 0.664 e. The molecule has 3 rings (SSSR count). The van der Waals surface area contributed by atoms with E-state index in [-0.39, 0.29) is 19.5 Å². The molecule has 0 atom stereocenters. The second-order valence-corrected chi connectivity index (χ2v) is 3.79. The molecule has 2 aromatic rings. The number of aromatic nitrogens is 1. The van der Waals surface area contributed by atoms with Gasteiger partial charge in [0.15, 0.2) is 0 Å². The van der Waals surface area contributed by atoms with Crippen LogP contribution in [0.4, 0.5) is 0 Å². The number of hydrogen-bond acceptors (Lipinski definition) is 1. The first-order valence-corrected chi connectivity index (χ1v) is 5.53. The van der Waals surface area contributed by atoms with E-state index >= 15 is 0 Å². The molecule has 0 radical (unpaired) electrons. The summed E-state index contributed by atoms with van der Waals surface area (Å²) in [5.41, 5.74) is 4.16. The summed E-state index contributed by atoms with van der Waals surface area (Å²) in [6, 6.07) is 14.2. The molecule has 0 aliphatic carbocycles. The van der Waals surface area contributed by atoms with Crippen molar-refractivity contribution in [2.24, 2.45) is 4.99 Å². The van der Waals surface area contributed by atoms with E-state index in [0.29, 0.717) is 0 Å². The predicted octanol–water partition coefficient (Wildman–Crippen LogP) is 3.04. The van der Waals surface area contributed by atoms with Crippen molar-refractivity contribution in [1.29, 1.82) is 0 Å². The zero-order valence-electron chi connectivity index (χ0n) is 9.95. The third-order valence-electron chi connectivity index (χ3n) is 2.68. The molecule has 18 heavy (non-hydrogen) atoms. The molecular formula is C15H11N2Zn-. The minimum Gasteiger partial charge on any atom is -0.664 e. The summed E-state index contributed by atoms with van der Waals surface area (Å²) in [6.45, 7) is 0. The van der Waals surface area contributed by atoms with Crippen LogP contribution in [0.2, 0.25) is 0 Å². The first-order valence-electron chi connectivity index (χ1n) is 5.53. The van der Waals surface area contributed by atoms with Gasteiger partial charge in [-0.25, -0.2) is 0 Å². The van der Waals surface area contributed by atoms with Crippen LogP contribution in [-0.2, 0) is 19.5 Å². The Kier molecular flexibility index (Phi) is 4.06. The maximum atomic E-state index is 4.37. The number of hydrogen-bond donors (Lipinski definition) is 0. The Morgan fingerprint density at radius 3 is 2.44 bits per heavy atom. The molecule has 84 valence electrons. The number of nitrogens with zero attached hydrogens (tertiary/aromatic N) is 2. The molecule has 0 fully saturated rings. The van der Waals surface area contributed by atoms with Gasteiger partial charge in [-0.05, 0) is 23.3 Å². The average molecular weight is 285 g/mol. The van der Waals surface area contributed by atoms with Crippen molar-refractivity contribution < 1.29 is 19.5 Å². The second kappa shape index (κ2) is 5.74. The predicted molar refractivity (Wildman–Crippen MR) is 69.9 cm³/mol. The first-order chi connectivity index (χ1) is 8.45. The molecule has 0 N–H and O–H groups in total. The Morgan fingerprint density at radius 2 is 1.83 bits per heavy atom. The molecule has 0 spiro atoms. The van der Waals surface area contributed by atoms with Crippen LogP contribution in [0, 0.1) is 0 Å². The summed E-state index contributed by atoms with van der Waals surface area (Å²) in [7, 11) is 0. The maximum Gasteiger partial charge on any atom is 0.0696 e. The molecule has 1 aromatic heterocycles. The van der Waals surface area contributed by atoms with Crippen molar-refractivity contribution in [3.05, 3.63) is 77.8 Å². The smallest absolute Gasteiger partial charge is 0.0696 e. The zero-order chi connectivity index (χ0) is 11.5. The van der Waals surface area contributed by atoms with Crippen molar-refractivity contribution in [3.63, 3.8) is 0 Å². The fourth-order valence-electron chi connectivity index (χ4n) is 1.93. The topological polar surface area (TPSA) is 26.5 Å². The van der Waals surface area contributed by atoms with Crippen LogP contribution in [-0.4, -0.2) is 6.21 Å². The van der Waals surface area contributed by atoms with Gasteiger partial charge >= 0.3 is 0 Å². The molecule has 0 saturated carbocycles. The van der Waals surface area contributed by atoms with E-state index in [1.807, 2.05) is 42.5 Å². The summed E-state index contributed by atoms with van der Waals surface area (Å²) in [5.74, 6) is 0. The number of aliphatic imine (C=N–C) groups is 1. The van der Waals surface area contributed by atoms with Gasteiger partial charge in [0.25, 0.3) is 0 Å².